The summed E-state index contributed by atoms with van der Waals surface area (Å²) < 4.78 is 20.9. The van der Waals surface area contributed by atoms with Crippen LogP contribution in [0.1, 0.15) is 18.1 Å². The van der Waals surface area contributed by atoms with Gasteiger partial charge in [-0.3, -0.25) is 4.79 Å². The van der Waals surface area contributed by atoms with Crippen molar-refractivity contribution in [3.8, 4) is 23.0 Å². The molecule has 5 heteroatoms. The first-order valence-corrected chi connectivity index (χ1v) is 7.34. The number of hydrogen-bond donors (Lipinski definition) is 0. The van der Waals surface area contributed by atoms with Crippen molar-refractivity contribution >= 4 is 18.1 Å². The quantitative estimate of drug-likeness (QED) is 0.458. The molecule has 5 nitrogen and oxygen atoms in total. The van der Waals surface area contributed by atoms with E-state index in [1.165, 1.54) is 14.0 Å². The molecule has 0 aliphatic rings. The van der Waals surface area contributed by atoms with Crippen LogP contribution in [0.25, 0.3) is 12.2 Å². The maximum Gasteiger partial charge on any atom is 0.308 e. The third-order valence-corrected chi connectivity index (χ3v) is 3.32. The zero-order valence-electron chi connectivity index (χ0n) is 14.2. The van der Waals surface area contributed by atoms with Crippen molar-refractivity contribution in [2.75, 3.05) is 21.3 Å². The van der Waals surface area contributed by atoms with Crippen molar-refractivity contribution in [2.24, 2.45) is 0 Å². The molecule has 0 fully saturated rings. The number of methoxy groups -OCH3 is 3. The van der Waals surface area contributed by atoms with Gasteiger partial charge in [-0.2, -0.15) is 0 Å². The zero-order chi connectivity index (χ0) is 17.5. The maximum absolute atomic E-state index is 11.1. The average molecular weight is 328 g/mol. The highest BCUT2D eigenvalue weighted by Crippen LogP contribution is 2.30. The van der Waals surface area contributed by atoms with Crippen LogP contribution in [0.3, 0.4) is 0 Å². The molecule has 0 bridgehead atoms. The summed E-state index contributed by atoms with van der Waals surface area (Å²) in [5.74, 6) is 1.86. The van der Waals surface area contributed by atoms with Crippen molar-refractivity contribution in [2.45, 2.75) is 6.92 Å². The van der Waals surface area contributed by atoms with Gasteiger partial charge in [0.15, 0.2) is 23.0 Å². The molecule has 24 heavy (non-hydrogen) atoms. The van der Waals surface area contributed by atoms with Crippen molar-refractivity contribution in [1.82, 2.24) is 0 Å². The van der Waals surface area contributed by atoms with Gasteiger partial charge in [-0.05, 0) is 35.4 Å². The van der Waals surface area contributed by atoms with Crippen LogP contribution >= 0.6 is 0 Å². The fourth-order valence-corrected chi connectivity index (χ4v) is 2.18. The standard InChI is InChI=1S/C19H20O5/c1-13(20)24-17-10-8-15(12-19(17)23-4)6-5-14-7-9-16(21-2)18(11-14)22-3/h5-12H,1-4H3/b6-5+. The number of benzene rings is 2. The average Bonchev–Trinajstić information content (AvgIpc) is 2.60. The third-order valence-electron chi connectivity index (χ3n) is 3.32. The number of rotatable bonds is 6. The van der Waals surface area contributed by atoms with Gasteiger partial charge < -0.3 is 18.9 Å². The second kappa shape index (κ2) is 8.06. The highest BCUT2D eigenvalue weighted by atomic mass is 16.6. The Morgan fingerprint density at radius 2 is 1.21 bits per heavy atom. The summed E-state index contributed by atoms with van der Waals surface area (Å²) in [5, 5.41) is 0. The molecule has 0 saturated carbocycles. The zero-order valence-corrected chi connectivity index (χ0v) is 14.2. The first kappa shape index (κ1) is 17.4. The Kier molecular flexibility index (Phi) is 5.84. The van der Waals surface area contributed by atoms with E-state index in [4.69, 9.17) is 18.9 Å². The number of carbonyl (C=O) groups excluding carboxylic acids is 1. The van der Waals surface area contributed by atoms with E-state index < -0.39 is 0 Å². The van der Waals surface area contributed by atoms with Gasteiger partial charge in [0.2, 0.25) is 0 Å². The van der Waals surface area contributed by atoms with Crippen LogP contribution in [0.15, 0.2) is 36.4 Å². The second-order valence-electron chi connectivity index (χ2n) is 4.95. The lowest BCUT2D eigenvalue weighted by molar-refractivity contribution is -0.132. The molecular weight excluding hydrogens is 308 g/mol. The molecule has 0 amide bonds. The van der Waals surface area contributed by atoms with Crippen molar-refractivity contribution in [1.29, 1.82) is 0 Å². The van der Waals surface area contributed by atoms with Gasteiger partial charge in [-0.25, -0.2) is 0 Å². The van der Waals surface area contributed by atoms with Crippen molar-refractivity contribution in [3.05, 3.63) is 47.5 Å². The fraction of sp³-hybridized carbons (Fsp3) is 0.211. The van der Waals surface area contributed by atoms with Crippen molar-refractivity contribution in [3.63, 3.8) is 0 Å². The molecular formula is C19H20O5. The Morgan fingerprint density at radius 3 is 1.67 bits per heavy atom. The topological polar surface area (TPSA) is 54.0 Å². The number of esters is 1. The largest absolute Gasteiger partial charge is 0.493 e. The Balaban J connectivity index is 2.24. The van der Waals surface area contributed by atoms with Gasteiger partial charge in [-0.15, -0.1) is 0 Å². The minimum atomic E-state index is -0.387. The molecule has 0 unspecified atom stereocenters. The van der Waals surface area contributed by atoms with Crippen LogP contribution in [0.2, 0.25) is 0 Å². The molecule has 2 rings (SSSR count). The van der Waals surface area contributed by atoms with Crippen LogP contribution in [0, 0.1) is 0 Å². The van der Waals surface area contributed by atoms with Gasteiger partial charge in [0.1, 0.15) is 0 Å². The molecule has 0 aliphatic carbocycles. The van der Waals surface area contributed by atoms with E-state index in [2.05, 4.69) is 0 Å². The van der Waals surface area contributed by atoms with Gasteiger partial charge in [0.25, 0.3) is 0 Å². The van der Waals surface area contributed by atoms with Crippen LogP contribution < -0.4 is 18.9 Å². The summed E-state index contributed by atoms with van der Waals surface area (Å²) in [5.41, 5.74) is 1.88. The first-order valence-electron chi connectivity index (χ1n) is 7.34. The lowest BCUT2D eigenvalue weighted by Gasteiger charge is -2.09. The van der Waals surface area contributed by atoms with E-state index in [9.17, 15) is 4.79 Å². The normalized spacial score (nSPS) is 10.5. The molecule has 2 aromatic carbocycles. The van der Waals surface area contributed by atoms with Crippen LogP contribution in [-0.2, 0) is 4.79 Å². The second-order valence-corrected chi connectivity index (χ2v) is 4.95. The molecule has 0 spiro atoms. The lowest BCUT2D eigenvalue weighted by atomic mass is 10.1. The lowest BCUT2D eigenvalue weighted by Crippen LogP contribution is -2.02. The van der Waals surface area contributed by atoms with E-state index in [1.807, 2.05) is 36.4 Å². The predicted molar refractivity (Wildman–Crippen MR) is 92.8 cm³/mol. The number of ether oxygens (including phenoxy) is 4. The monoisotopic (exact) mass is 328 g/mol. The Bertz CT molecular complexity index is 749. The van der Waals surface area contributed by atoms with Crippen molar-refractivity contribution < 1.29 is 23.7 Å². The summed E-state index contributed by atoms with van der Waals surface area (Å²) in [6.07, 6.45) is 3.88. The molecule has 0 aliphatic heterocycles. The number of carbonyl (C=O) groups is 1. The summed E-state index contributed by atoms with van der Waals surface area (Å²) in [6, 6.07) is 11.0. The molecule has 0 N–H and O–H groups in total. The molecule has 0 saturated heterocycles. The van der Waals surface area contributed by atoms with E-state index in [0.717, 1.165) is 11.1 Å². The van der Waals surface area contributed by atoms with Gasteiger partial charge in [0.05, 0.1) is 21.3 Å². The highest BCUT2D eigenvalue weighted by Gasteiger charge is 2.07. The van der Waals surface area contributed by atoms with E-state index in [0.29, 0.717) is 23.0 Å². The first-order chi connectivity index (χ1) is 11.6. The summed E-state index contributed by atoms with van der Waals surface area (Å²) in [6.45, 7) is 1.35. The molecule has 0 atom stereocenters. The maximum atomic E-state index is 11.1. The summed E-state index contributed by atoms with van der Waals surface area (Å²) >= 11 is 0. The molecule has 126 valence electrons. The molecule has 0 radical (unpaired) electrons. The van der Waals surface area contributed by atoms with E-state index >= 15 is 0 Å². The van der Waals surface area contributed by atoms with Gasteiger partial charge in [0, 0.05) is 6.92 Å². The van der Waals surface area contributed by atoms with Crippen LogP contribution in [0.4, 0.5) is 0 Å². The number of hydrogen-bond acceptors (Lipinski definition) is 5. The minimum Gasteiger partial charge on any atom is -0.493 e. The van der Waals surface area contributed by atoms with Gasteiger partial charge in [-0.1, -0.05) is 24.3 Å². The molecule has 2 aromatic rings. The summed E-state index contributed by atoms with van der Waals surface area (Å²) in [7, 11) is 4.73. The molecule has 0 heterocycles. The minimum absolute atomic E-state index is 0.387. The van der Waals surface area contributed by atoms with Crippen LogP contribution in [0.5, 0.6) is 23.0 Å². The molecule has 0 aromatic heterocycles. The Hall–Kier alpha value is -2.95. The smallest absolute Gasteiger partial charge is 0.308 e. The van der Waals surface area contributed by atoms with E-state index in [1.54, 1.807) is 26.4 Å². The Morgan fingerprint density at radius 1 is 0.750 bits per heavy atom. The van der Waals surface area contributed by atoms with Crippen LogP contribution in [-0.4, -0.2) is 27.3 Å². The fourth-order valence-electron chi connectivity index (χ4n) is 2.18. The van der Waals surface area contributed by atoms with Gasteiger partial charge >= 0.3 is 5.97 Å². The SMILES string of the molecule is COc1ccc(/C=C/c2ccc(OC(C)=O)c(OC)c2)cc1OC. The third kappa shape index (κ3) is 4.29. The van der Waals surface area contributed by atoms with E-state index in [-0.39, 0.29) is 5.97 Å². The predicted octanol–water partition coefficient (Wildman–Crippen LogP) is 3.81. The summed E-state index contributed by atoms with van der Waals surface area (Å²) in [4.78, 5) is 11.1. The Labute approximate surface area is 141 Å². The highest BCUT2D eigenvalue weighted by molar-refractivity contribution is 5.74.